The van der Waals surface area contributed by atoms with E-state index in [0.717, 1.165) is 15.2 Å². The first kappa shape index (κ1) is 16.8. The average molecular weight is 381 g/mol. The molecule has 4 aromatic rings. The van der Waals surface area contributed by atoms with Crippen molar-refractivity contribution in [2.45, 2.75) is 6.92 Å². The number of hydrogen-bond donors (Lipinski definition) is 0. The molecule has 0 aliphatic heterocycles. The molecule has 0 bridgehead atoms. The van der Waals surface area contributed by atoms with Crippen molar-refractivity contribution in [1.29, 1.82) is 0 Å². The largest absolute Gasteiger partial charge is 0.462 e. The number of nitrogens with zero attached hydrogens (tertiary/aromatic N) is 1. The van der Waals surface area contributed by atoms with Crippen LogP contribution in [0, 0.1) is 6.92 Å². The SMILES string of the molecule is Cc1nc2cc(P(=O)(Oc3ccccc3)Oc3ccccc3)ccc2s1. The van der Waals surface area contributed by atoms with E-state index in [0.29, 0.717) is 16.8 Å². The van der Waals surface area contributed by atoms with Crippen molar-refractivity contribution in [2.24, 2.45) is 0 Å². The van der Waals surface area contributed by atoms with E-state index in [1.54, 1.807) is 47.7 Å². The number of fused-ring (bicyclic) bond motifs is 1. The zero-order valence-electron chi connectivity index (χ0n) is 14.0. The van der Waals surface area contributed by atoms with Gasteiger partial charge >= 0.3 is 7.60 Å². The standard InChI is InChI=1S/C20H16NO3PS/c1-15-21-19-14-18(12-13-20(19)26-15)25(22,23-16-8-4-2-5-9-16)24-17-10-6-3-7-11-17/h2-14H,1H3. The van der Waals surface area contributed by atoms with Crippen LogP contribution >= 0.6 is 18.9 Å². The number of hydrogen-bond acceptors (Lipinski definition) is 5. The van der Waals surface area contributed by atoms with Crippen LogP contribution in [0.25, 0.3) is 10.2 Å². The van der Waals surface area contributed by atoms with Crippen LogP contribution in [-0.4, -0.2) is 4.98 Å². The fourth-order valence-corrected chi connectivity index (χ4v) is 4.96. The molecule has 0 unspecified atom stereocenters. The maximum Gasteiger partial charge on any atom is 0.462 e. The Balaban J connectivity index is 1.78. The minimum atomic E-state index is -3.65. The summed E-state index contributed by atoms with van der Waals surface area (Å²) in [6, 6.07) is 23.6. The normalized spacial score (nSPS) is 11.4. The monoisotopic (exact) mass is 381 g/mol. The van der Waals surface area contributed by atoms with Gasteiger partial charge in [-0.15, -0.1) is 11.3 Å². The predicted molar refractivity (Wildman–Crippen MR) is 106 cm³/mol. The summed E-state index contributed by atoms with van der Waals surface area (Å²) in [7, 11) is -3.65. The first-order valence-electron chi connectivity index (χ1n) is 8.09. The van der Waals surface area contributed by atoms with E-state index in [4.69, 9.17) is 9.05 Å². The molecular weight excluding hydrogens is 365 g/mol. The highest BCUT2D eigenvalue weighted by molar-refractivity contribution is 7.63. The van der Waals surface area contributed by atoms with Gasteiger partial charge in [-0.25, -0.2) is 9.55 Å². The molecule has 0 saturated carbocycles. The van der Waals surface area contributed by atoms with Gasteiger partial charge in [0.05, 0.1) is 20.5 Å². The van der Waals surface area contributed by atoms with E-state index < -0.39 is 7.60 Å². The van der Waals surface area contributed by atoms with Crippen molar-refractivity contribution >= 4 is 34.5 Å². The van der Waals surface area contributed by atoms with E-state index in [1.807, 2.05) is 49.4 Å². The Morgan fingerprint density at radius 2 is 1.42 bits per heavy atom. The number of aryl methyl sites for hydroxylation is 1. The Hall–Kier alpha value is -2.62. The zero-order chi connectivity index (χ0) is 18.0. The fourth-order valence-electron chi connectivity index (χ4n) is 2.57. The average Bonchev–Trinajstić information content (AvgIpc) is 3.02. The van der Waals surface area contributed by atoms with Gasteiger partial charge in [0.1, 0.15) is 11.5 Å². The molecule has 0 spiro atoms. The third kappa shape index (κ3) is 3.50. The van der Waals surface area contributed by atoms with Gasteiger partial charge < -0.3 is 9.05 Å². The second-order valence-corrected chi connectivity index (χ2v) is 8.80. The zero-order valence-corrected chi connectivity index (χ0v) is 15.7. The van der Waals surface area contributed by atoms with Crippen LogP contribution in [0.3, 0.4) is 0 Å². The predicted octanol–water partition coefficient (Wildman–Crippen LogP) is 5.58. The molecule has 0 amide bonds. The van der Waals surface area contributed by atoms with Gasteiger partial charge in [-0.3, -0.25) is 0 Å². The topological polar surface area (TPSA) is 48.4 Å². The first-order chi connectivity index (χ1) is 12.6. The molecule has 1 heterocycles. The minimum absolute atomic E-state index is 0.475. The molecule has 0 saturated heterocycles. The summed E-state index contributed by atoms with van der Waals surface area (Å²) >= 11 is 1.60. The van der Waals surface area contributed by atoms with Gasteiger partial charge in [0, 0.05) is 0 Å². The van der Waals surface area contributed by atoms with Gasteiger partial charge in [-0.2, -0.15) is 0 Å². The smallest absolute Gasteiger partial charge is 0.413 e. The number of para-hydroxylation sites is 2. The molecule has 0 N–H and O–H groups in total. The Labute approximate surface area is 155 Å². The van der Waals surface area contributed by atoms with Crippen LogP contribution in [0.2, 0.25) is 0 Å². The number of thiazole rings is 1. The Bertz CT molecular complexity index is 1030. The fraction of sp³-hybridized carbons (Fsp3) is 0.0500. The van der Waals surface area contributed by atoms with Crippen LogP contribution in [0.15, 0.2) is 78.9 Å². The van der Waals surface area contributed by atoms with Gasteiger partial charge in [0.2, 0.25) is 0 Å². The molecule has 3 aromatic carbocycles. The molecule has 4 nitrogen and oxygen atoms in total. The summed E-state index contributed by atoms with van der Waals surface area (Å²) in [5, 5.41) is 1.43. The quantitative estimate of drug-likeness (QED) is 0.423. The van der Waals surface area contributed by atoms with E-state index in [2.05, 4.69) is 4.98 Å². The molecule has 0 fully saturated rings. The summed E-state index contributed by atoms with van der Waals surface area (Å²) in [6.45, 7) is 1.95. The highest BCUT2D eigenvalue weighted by Gasteiger charge is 2.32. The van der Waals surface area contributed by atoms with Crippen molar-refractivity contribution in [3.8, 4) is 11.5 Å². The molecule has 130 valence electrons. The molecule has 0 atom stereocenters. The van der Waals surface area contributed by atoms with E-state index >= 15 is 0 Å². The molecule has 0 aliphatic rings. The van der Waals surface area contributed by atoms with Crippen molar-refractivity contribution in [3.63, 3.8) is 0 Å². The minimum Gasteiger partial charge on any atom is -0.413 e. The number of benzene rings is 3. The lowest BCUT2D eigenvalue weighted by atomic mass is 10.3. The lowest BCUT2D eigenvalue weighted by molar-refractivity contribution is 0.399. The van der Waals surface area contributed by atoms with Crippen LogP contribution in [0.4, 0.5) is 0 Å². The second kappa shape index (κ2) is 6.94. The van der Waals surface area contributed by atoms with Gasteiger partial charge in [0.15, 0.2) is 0 Å². The van der Waals surface area contributed by atoms with Crippen LogP contribution in [0.5, 0.6) is 11.5 Å². The third-order valence-corrected chi connectivity index (χ3v) is 6.50. The van der Waals surface area contributed by atoms with Crippen LogP contribution in [-0.2, 0) is 4.57 Å². The molecule has 26 heavy (non-hydrogen) atoms. The van der Waals surface area contributed by atoms with E-state index in [-0.39, 0.29) is 0 Å². The molecule has 0 aliphatic carbocycles. The lowest BCUT2D eigenvalue weighted by Crippen LogP contribution is -2.14. The highest BCUT2D eigenvalue weighted by Crippen LogP contribution is 2.48. The third-order valence-electron chi connectivity index (χ3n) is 3.73. The molecule has 4 rings (SSSR count). The number of rotatable bonds is 5. The van der Waals surface area contributed by atoms with E-state index in [1.165, 1.54) is 0 Å². The molecule has 0 radical (unpaired) electrons. The maximum atomic E-state index is 13.7. The molecule has 6 heteroatoms. The lowest BCUT2D eigenvalue weighted by Gasteiger charge is -2.20. The van der Waals surface area contributed by atoms with E-state index in [9.17, 15) is 4.57 Å². The highest BCUT2D eigenvalue weighted by atomic mass is 32.1. The first-order valence-corrected chi connectivity index (χ1v) is 10.5. The summed E-state index contributed by atoms with van der Waals surface area (Å²) in [5.41, 5.74) is 0.790. The Morgan fingerprint density at radius 1 is 0.846 bits per heavy atom. The van der Waals surface area contributed by atoms with Crippen LogP contribution < -0.4 is 14.4 Å². The van der Waals surface area contributed by atoms with Gasteiger partial charge in [-0.05, 0) is 49.4 Å². The van der Waals surface area contributed by atoms with Gasteiger partial charge in [-0.1, -0.05) is 36.4 Å². The summed E-state index contributed by atoms with van der Waals surface area (Å²) in [6.07, 6.45) is 0. The summed E-state index contributed by atoms with van der Waals surface area (Å²) in [5.74, 6) is 0.975. The van der Waals surface area contributed by atoms with Crippen molar-refractivity contribution < 1.29 is 13.6 Å². The van der Waals surface area contributed by atoms with Crippen molar-refractivity contribution in [3.05, 3.63) is 83.9 Å². The number of aromatic nitrogens is 1. The summed E-state index contributed by atoms with van der Waals surface area (Å²) < 4.78 is 26.5. The Kier molecular flexibility index (Phi) is 4.49. The van der Waals surface area contributed by atoms with Crippen LogP contribution in [0.1, 0.15) is 5.01 Å². The second-order valence-electron chi connectivity index (χ2n) is 5.69. The summed E-state index contributed by atoms with van der Waals surface area (Å²) in [4.78, 5) is 4.49. The Morgan fingerprint density at radius 3 is 2.00 bits per heavy atom. The van der Waals surface area contributed by atoms with Crippen molar-refractivity contribution in [2.75, 3.05) is 0 Å². The van der Waals surface area contributed by atoms with Crippen molar-refractivity contribution in [1.82, 2.24) is 4.98 Å². The maximum absolute atomic E-state index is 13.7. The molecule has 1 aromatic heterocycles. The molecular formula is C20H16NO3PS. The van der Waals surface area contributed by atoms with Gasteiger partial charge in [0.25, 0.3) is 0 Å².